The van der Waals surface area contributed by atoms with Crippen LogP contribution in [0.4, 0.5) is 13.2 Å². The Balaban J connectivity index is 1.47. The van der Waals surface area contributed by atoms with E-state index in [4.69, 9.17) is 9.47 Å². The average molecular weight is 476 g/mol. The molecule has 34 heavy (non-hydrogen) atoms. The Morgan fingerprint density at radius 3 is 2.26 bits per heavy atom. The fourth-order valence-electron chi connectivity index (χ4n) is 4.45. The molecule has 1 aliphatic heterocycles. The summed E-state index contributed by atoms with van der Waals surface area (Å²) in [7, 11) is 1.47. The number of amides is 1. The number of hydrogen-bond acceptors (Lipinski definition) is 5. The molecular weight excluding hydrogens is 449 g/mol. The summed E-state index contributed by atoms with van der Waals surface area (Å²) in [6.07, 6.45) is -0.0604. The third-order valence-electron chi connectivity index (χ3n) is 6.42. The van der Waals surface area contributed by atoms with Crippen LogP contribution in [0.25, 0.3) is 0 Å². The number of aliphatic hydroxyl groups is 1. The van der Waals surface area contributed by atoms with Gasteiger partial charge in [-0.1, -0.05) is 31.4 Å². The molecule has 1 saturated carbocycles. The molecule has 1 heterocycles. The Hall–Kier alpha value is -3.07. The molecule has 1 atom stereocenters. The number of rotatable bonds is 6. The zero-order valence-electron chi connectivity index (χ0n) is 18.8. The van der Waals surface area contributed by atoms with Gasteiger partial charge >= 0.3 is 6.18 Å². The molecule has 0 aromatic heterocycles. The van der Waals surface area contributed by atoms with Gasteiger partial charge < -0.3 is 14.6 Å². The molecule has 0 bridgehead atoms. The number of methoxy groups -OCH3 is 1. The van der Waals surface area contributed by atoms with Gasteiger partial charge in [-0.2, -0.15) is 23.3 Å². The molecule has 1 aliphatic carbocycles. The number of carbonyl (C=O) groups is 1. The van der Waals surface area contributed by atoms with E-state index in [1.54, 1.807) is 24.3 Å². The van der Waals surface area contributed by atoms with Gasteiger partial charge in [-0.25, -0.2) is 0 Å². The largest absolute Gasteiger partial charge is 0.497 e. The molecule has 182 valence electrons. The molecular formula is C25H27F3N2O4. The van der Waals surface area contributed by atoms with E-state index in [0.717, 1.165) is 12.8 Å². The van der Waals surface area contributed by atoms with Gasteiger partial charge in [0.05, 0.1) is 19.2 Å². The number of nitrogens with zero attached hydrogens (tertiary/aromatic N) is 2. The van der Waals surface area contributed by atoms with Crippen molar-refractivity contribution in [3.63, 3.8) is 0 Å². The Morgan fingerprint density at radius 2 is 1.68 bits per heavy atom. The van der Waals surface area contributed by atoms with Gasteiger partial charge in [-0.05, 0) is 66.3 Å². The van der Waals surface area contributed by atoms with Crippen LogP contribution in [0.1, 0.15) is 55.6 Å². The van der Waals surface area contributed by atoms with Gasteiger partial charge in [0.1, 0.15) is 11.5 Å². The monoisotopic (exact) mass is 476 g/mol. The first-order valence-electron chi connectivity index (χ1n) is 11.3. The van der Waals surface area contributed by atoms with E-state index in [1.165, 1.54) is 44.1 Å². The molecule has 2 aromatic rings. The maximum absolute atomic E-state index is 13.8. The topological polar surface area (TPSA) is 71.4 Å². The summed E-state index contributed by atoms with van der Waals surface area (Å²) in [5.74, 6) is 0.285. The first kappa shape index (κ1) is 24.1. The molecule has 2 aromatic carbocycles. The Bertz CT molecular complexity index is 1030. The van der Waals surface area contributed by atoms with Gasteiger partial charge in [0, 0.05) is 0 Å². The number of carbonyl (C=O) groups excluding carboxylic acids is 1. The standard InChI is InChI=1S/C25H27F3N2O4/c1-33-20-11-9-19(10-12-20)22-15-24(32,25(26,27)28)30(29-22)23(31)16-34-21-13-7-18(8-14-21)17-5-3-2-4-6-17/h7-14,17,32H,2-6,15-16H2,1H3/t24-/m0/s1. The van der Waals surface area contributed by atoms with Crippen molar-refractivity contribution in [3.05, 3.63) is 59.7 Å². The molecule has 1 N–H and O–H groups in total. The molecule has 0 unspecified atom stereocenters. The minimum Gasteiger partial charge on any atom is -0.497 e. The lowest BCUT2D eigenvalue weighted by Crippen LogP contribution is -2.57. The summed E-state index contributed by atoms with van der Waals surface area (Å²) >= 11 is 0. The van der Waals surface area contributed by atoms with Crippen molar-refractivity contribution < 1.29 is 32.5 Å². The van der Waals surface area contributed by atoms with Crippen molar-refractivity contribution in [1.82, 2.24) is 5.01 Å². The lowest BCUT2D eigenvalue weighted by atomic mass is 9.84. The highest BCUT2D eigenvalue weighted by Crippen LogP contribution is 2.41. The lowest BCUT2D eigenvalue weighted by Gasteiger charge is -2.32. The SMILES string of the molecule is COc1ccc(C2=NN(C(=O)COc3ccc(C4CCCCC4)cc3)[C@@](O)(C(F)(F)F)C2)cc1. The molecule has 9 heteroatoms. The summed E-state index contributed by atoms with van der Waals surface area (Å²) in [6.45, 7) is -0.694. The van der Waals surface area contributed by atoms with Crippen molar-refractivity contribution in [3.8, 4) is 11.5 Å². The summed E-state index contributed by atoms with van der Waals surface area (Å²) in [4.78, 5) is 12.7. The van der Waals surface area contributed by atoms with Crippen molar-refractivity contribution >= 4 is 11.6 Å². The van der Waals surface area contributed by atoms with Gasteiger partial charge in [0.15, 0.2) is 6.61 Å². The van der Waals surface area contributed by atoms with Gasteiger partial charge in [0.2, 0.25) is 0 Å². The van der Waals surface area contributed by atoms with E-state index >= 15 is 0 Å². The maximum atomic E-state index is 13.8. The molecule has 0 radical (unpaired) electrons. The Kier molecular flexibility index (Phi) is 6.84. The first-order chi connectivity index (χ1) is 16.2. The summed E-state index contributed by atoms with van der Waals surface area (Å²) < 4.78 is 51.8. The number of alkyl halides is 3. The van der Waals surface area contributed by atoms with E-state index in [-0.39, 0.29) is 10.7 Å². The summed E-state index contributed by atoms with van der Waals surface area (Å²) in [5.41, 5.74) is -1.98. The summed E-state index contributed by atoms with van der Waals surface area (Å²) in [6, 6.07) is 13.4. The predicted octanol–water partition coefficient (Wildman–Crippen LogP) is 5.01. The van der Waals surface area contributed by atoms with E-state index in [9.17, 15) is 23.1 Å². The molecule has 1 amide bonds. The van der Waals surface area contributed by atoms with E-state index in [0.29, 0.717) is 23.0 Å². The van der Waals surface area contributed by atoms with Crippen molar-refractivity contribution in [2.45, 2.75) is 56.3 Å². The number of ether oxygens (including phenoxy) is 2. The lowest BCUT2D eigenvalue weighted by molar-refractivity contribution is -0.302. The zero-order valence-corrected chi connectivity index (χ0v) is 18.8. The van der Waals surface area contributed by atoms with E-state index in [1.807, 2.05) is 12.1 Å². The van der Waals surface area contributed by atoms with Crippen LogP contribution >= 0.6 is 0 Å². The van der Waals surface area contributed by atoms with E-state index < -0.39 is 30.8 Å². The molecule has 6 nitrogen and oxygen atoms in total. The van der Waals surface area contributed by atoms with Crippen LogP contribution < -0.4 is 9.47 Å². The quantitative estimate of drug-likeness (QED) is 0.636. The minimum atomic E-state index is -5.11. The van der Waals surface area contributed by atoms with E-state index in [2.05, 4.69) is 5.10 Å². The van der Waals surface area contributed by atoms with Crippen LogP contribution in [0.5, 0.6) is 11.5 Å². The Morgan fingerprint density at radius 1 is 1.06 bits per heavy atom. The second-order valence-corrected chi connectivity index (χ2v) is 8.66. The maximum Gasteiger partial charge on any atom is 0.438 e. The fourth-order valence-corrected chi connectivity index (χ4v) is 4.45. The normalized spacial score (nSPS) is 21.3. The van der Waals surface area contributed by atoms with Crippen LogP contribution in [0, 0.1) is 0 Å². The third-order valence-corrected chi connectivity index (χ3v) is 6.42. The summed E-state index contributed by atoms with van der Waals surface area (Å²) in [5, 5.41) is 14.4. The fraction of sp³-hybridized carbons (Fsp3) is 0.440. The number of hydrogen-bond donors (Lipinski definition) is 1. The van der Waals surface area contributed by atoms with Crippen LogP contribution in [-0.4, -0.2) is 47.4 Å². The number of halogens is 3. The number of hydrazone groups is 1. The highest BCUT2D eigenvalue weighted by Gasteiger charge is 2.63. The molecule has 4 rings (SSSR count). The molecule has 1 fully saturated rings. The number of benzene rings is 2. The van der Waals surface area contributed by atoms with Gasteiger partial charge in [0.25, 0.3) is 11.6 Å². The van der Waals surface area contributed by atoms with Crippen LogP contribution in [0.15, 0.2) is 53.6 Å². The van der Waals surface area contributed by atoms with Gasteiger partial charge in [-0.15, -0.1) is 0 Å². The average Bonchev–Trinajstić information content (AvgIpc) is 3.22. The third kappa shape index (κ3) is 4.89. The van der Waals surface area contributed by atoms with Crippen molar-refractivity contribution in [2.75, 3.05) is 13.7 Å². The second-order valence-electron chi connectivity index (χ2n) is 8.66. The zero-order chi connectivity index (χ0) is 24.3. The Labute approximate surface area is 196 Å². The van der Waals surface area contributed by atoms with Crippen LogP contribution in [-0.2, 0) is 4.79 Å². The highest BCUT2D eigenvalue weighted by molar-refractivity contribution is 6.03. The smallest absolute Gasteiger partial charge is 0.438 e. The minimum absolute atomic E-state index is 0.0623. The van der Waals surface area contributed by atoms with Crippen molar-refractivity contribution in [2.24, 2.45) is 5.10 Å². The van der Waals surface area contributed by atoms with Crippen molar-refractivity contribution in [1.29, 1.82) is 0 Å². The van der Waals surface area contributed by atoms with Crippen LogP contribution in [0.2, 0.25) is 0 Å². The first-order valence-corrected chi connectivity index (χ1v) is 11.3. The molecule has 2 aliphatic rings. The highest BCUT2D eigenvalue weighted by atomic mass is 19.4. The second kappa shape index (κ2) is 9.66. The van der Waals surface area contributed by atoms with Crippen LogP contribution in [0.3, 0.4) is 0 Å². The van der Waals surface area contributed by atoms with Gasteiger partial charge in [-0.3, -0.25) is 4.79 Å². The molecule has 0 saturated heterocycles. The predicted molar refractivity (Wildman–Crippen MR) is 120 cm³/mol. The molecule has 0 spiro atoms.